The Bertz CT molecular complexity index is 2000. The van der Waals surface area contributed by atoms with E-state index < -0.39 is 34.6 Å². The fourth-order valence-electron chi connectivity index (χ4n) is 7.72. The normalized spacial score (nSPS) is 20.1. The molecule has 0 unspecified atom stereocenters. The number of likely N-dealkylation sites (N-methyl/N-ethyl adjacent to an activating group) is 1. The van der Waals surface area contributed by atoms with Crippen LogP contribution in [0.3, 0.4) is 0 Å². The van der Waals surface area contributed by atoms with Crippen molar-refractivity contribution < 1.29 is 22.7 Å². The molecule has 2 atom stereocenters. The van der Waals surface area contributed by atoms with Crippen molar-refractivity contribution in [3.63, 3.8) is 0 Å². The minimum Gasteiger partial charge on any atom is -0.496 e. The van der Waals surface area contributed by atoms with E-state index in [1.807, 2.05) is 25.8 Å². The highest BCUT2D eigenvalue weighted by molar-refractivity contribution is 6.13. The zero-order chi connectivity index (χ0) is 33.5. The maximum atomic E-state index is 17.5. The molecule has 4 aromatic rings. The first kappa shape index (κ1) is 31.2. The Morgan fingerprint density at radius 3 is 2.38 bits per heavy atom. The summed E-state index contributed by atoms with van der Waals surface area (Å²) in [6.07, 6.45) is 2.99. The Hall–Kier alpha value is -4.38. The second kappa shape index (κ2) is 11.4. The van der Waals surface area contributed by atoms with Gasteiger partial charge in [0.05, 0.1) is 46.9 Å². The lowest BCUT2D eigenvalue weighted by Gasteiger charge is -2.52. The summed E-state index contributed by atoms with van der Waals surface area (Å²) >= 11 is 0. The molecule has 0 N–H and O–H groups in total. The van der Waals surface area contributed by atoms with Crippen LogP contribution in [0.5, 0.6) is 5.75 Å². The monoisotopic (exact) mass is 645 g/mol. The molecule has 7 rings (SSSR count). The molecule has 2 aromatic carbocycles. The molecule has 0 aliphatic carbocycles. The molecule has 0 saturated carbocycles. The Kier molecular flexibility index (Phi) is 7.57. The van der Waals surface area contributed by atoms with Gasteiger partial charge in [0.1, 0.15) is 29.1 Å². The van der Waals surface area contributed by atoms with Gasteiger partial charge in [-0.25, -0.2) is 13.2 Å². The van der Waals surface area contributed by atoms with Gasteiger partial charge in [-0.15, -0.1) is 0 Å². The number of piperidine rings is 1. The number of likely N-dealkylation sites (tertiary alicyclic amines) is 1. The van der Waals surface area contributed by atoms with Gasteiger partial charge in [0, 0.05) is 31.2 Å². The number of methoxy groups -OCH3 is 1. The highest BCUT2D eigenvalue weighted by Gasteiger charge is 2.48. The zero-order valence-corrected chi connectivity index (χ0v) is 27.4. The van der Waals surface area contributed by atoms with Crippen molar-refractivity contribution >= 4 is 28.2 Å². The van der Waals surface area contributed by atoms with Crippen LogP contribution in [0.4, 0.5) is 24.5 Å². The topological polar surface area (TPSA) is 70.9 Å². The van der Waals surface area contributed by atoms with Gasteiger partial charge in [-0.2, -0.15) is 0 Å². The second-order valence-electron chi connectivity index (χ2n) is 13.5. The number of rotatable bonds is 5. The first-order chi connectivity index (χ1) is 22.4. The van der Waals surface area contributed by atoms with Crippen LogP contribution < -0.4 is 20.1 Å². The van der Waals surface area contributed by atoms with Gasteiger partial charge in [-0.1, -0.05) is 26.8 Å². The van der Waals surface area contributed by atoms with Gasteiger partial charge >= 0.3 is 0 Å². The smallest absolute Gasteiger partial charge is 0.281 e. The second-order valence-corrected chi connectivity index (χ2v) is 13.5. The maximum absolute atomic E-state index is 17.5. The van der Waals surface area contributed by atoms with E-state index in [0.717, 1.165) is 12.5 Å². The lowest BCUT2D eigenvalue weighted by Crippen LogP contribution is -2.67. The Labute approximate surface area is 271 Å². The van der Waals surface area contributed by atoms with Gasteiger partial charge in [0.2, 0.25) is 5.91 Å². The minimum atomic E-state index is -1.10. The van der Waals surface area contributed by atoms with E-state index in [1.54, 1.807) is 24.1 Å². The molecule has 11 heteroatoms. The van der Waals surface area contributed by atoms with E-state index in [-0.39, 0.29) is 51.7 Å². The number of pyridine rings is 2. The number of halogens is 3. The number of hydrogen-bond acceptors (Lipinski definition) is 6. The van der Waals surface area contributed by atoms with E-state index in [9.17, 15) is 4.79 Å². The van der Waals surface area contributed by atoms with Gasteiger partial charge in [0.15, 0.2) is 5.82 Å². The van der Waals surface area contributed by atoms with Crippen LogP contribution in [0.15, 0.2) is 41.3 Å². The number of ether oxygens (including phenoxy) is 1. The zero-order valence-electron chi connectivity index (χ0n) is 27.4. The summed E-state index contributed by atoms with van der Waals surface area (Å²) in [7, 11) is 3.24. The molecule has 0 spiro atoms. The van der Waals surface area contributed by atoms with Crippen LogP contribution in [0.25, 0.3) is 27.7 Å². The number of carbonyl (C=O) groups excluding carboxylic acids is 1. The first-order valence-corrected chi connectivity index (χ1v) is 16.1. The molecule has 1 amide bonds. The van der Waals surface area contributed by atoms with Gasteiger partial charge in [-0.3, -0.25) is 24.0 Å². The van der Waals surface area contributed by atoms with Crippen molar-refractivity contribution in [2.45, 2.75) is 58.5 Å². The summed E-state index contributed by atoms with van der Waals surface area (Å²) < 4.78 is 56.1. The Balaban J connectivity index is 1.69. The van der Waals surface area contributed by atoms with Gasteiger partial charge in [-0.05, 0) is 68.5 Å². The summed E-state index contributed by atoms with van der Waals surface area (Å²) in [6, 6.07) is 6.01. The van der Waals surface area contributed by atoms with E-state index in [1.165, 1.54) is 29.9 Å². The molecular weight excluding hydrogens is 607 g/mol. The van der Waals surface area contributed by atoms with Crippen molar-refractivity contribution in [1.29, 1.82) is 0 Å². The lowest BCUT2D eigenvalue weighted by molar-refractivity contribution is -0.122. The molecule has 246 valence electrons. The summed E-state index contributed by atoms with van der Waals surface area (Å²) in [4.78, 5) is 39.7. The Morgan fingerprint density at radius 1 is 0.957 bits per heavy atom. The highest BCUT2D eigenvalue weighted by atomic mass is 19.1. The molecule has 2 aromatic heterocycles. The van der Waals surface area contributed by atoms with Crippen LogP contribution in [-0.2, 0) is 4.79 Å². The number of nitrogens with zero attached hydrogens (tertiary/aromatic N) is 5. The fraction of sp³-hybridized carbons (Fsp3) is 0.417. The van der Waals surface area contributed by atoms with E-state index in [0.29, 0.717) is 48.7 Å². The molecule has 3 aliphatic heterocycles. The molecule has 2 fully saturated rings. The number of aromatic nitrogens is 2. The van der Waals surface area contributed by atoms with Crippen molar-refractivity contribution in [1.82, 2.24) is 14.5 Å². The number of amides is 1. The van der Waals surface area contributed by atoms with Crippen molar-refractivity contribution in [3.8, 4) is 22.6 Å². The van der Waals surface area contributed by atoms with Gasteiger partial charge < -0.3 is 14.5 Å². The molecule has 2 saturated heterocycles. The number of anilines is 2. The van der Waals surface area contributed by atoms with E-state index in [4.69, 9.17) is 4.74 Å². The fourth-order valence-corrected chi connectivity index (χ4v) is 7.72. The first-order valence-electron chi connectivity index (χ1n) is 16.1. The van der Waals surface area contributed by atoms with Crippen LogP contribution in [-0.4, -0.2) is 66.2 Å². The third-order valence-electron chi connectivity index (χ3n) is 9.95. The summed E-state index contributed by atoms with van der Waals surface area (Å²) in [5.41, 5.74) is 0.141. The molecule has 3 aliphatic rings. The number of benzene rings is 2. The third-order valence-corrected chi connectivity index (χ3v) is 9.95. The third kappa shape index (κ3) is 4.64. The maximum Gasteiger partial charge on any atom is 0.281 e. The molecular formula is C36H38F3N5O3. The minimum absolute atomic E-state index is 0.0507. The number of hydrogen-bond donors (Lipinski definition) is 0. The largest absolute Gasteiger partial charge is 0.496 e. The summed E-state index contributed by atoms with van der Waals surface area (Å²) in [6.45, 7) is 9.26. The molecule has 8 nitrogen and oxygen atoms in total. The van der Waals surface area contributed by atoms with Crippen molar-refractivity contribution in [2.24, 2.45) is 5.92 Å². The highest BCUT2D eigenvalue weighted by Crippen LogP contribution is 2.48. The predicted octanol–water partition coefficient (Wildman–Crippen LogP) is 6.18. The molecule has 0 radical (unpaired) electrons. The number of carbonyl (C=O) groups is 1. The van der Waals surface area contributed by atoms with Crippen LogP contribution in [0.2, 0.25) is 0 Å². The van der Waals surface area contributed by atoms with Crippen molar-refractivity contribution in [3.05, 3.63) is 75.6 Å². The Morgan fingerprint density at radius 2 is 1.70 bits per heavy atom. The molecule has 5 heterocycles. The molecule has 47 heavy (non-hydrogen) atoms. The number of fused-ring (bicyclic) bond motifs is 5. The predicted molar refractivity (Wildman–Crippen MR) is 176 cm³/mol. The summed E-state index contributed by atoms with van der Waals surface area (Å²) in [5.74, 6) is -3.21. The van der Waals surface area contributed by atoms with Crippen LogP contribution >= 0.6 is 0 Å². The average molecular weight is 646 g/mol. The lowest BCUT2D eigenvalue weighted by atomic mass is 9.88. The SMILES string of the molecule is COc1cccc(F)c1-c1c(F)cc2c3c(c(=O)n(-c4c(C)ccnc4C(C)C)c2c1F)N(C1CN(C)C1)C(=O)[C@H]1CC[C@H](C)CN31. The van der Waals surface area contributed by atoms with Crippen LogP contribution in [0, 0.1) is 30.3 Å². The average Bonchev–Trinajstić information content (AvgIpc) is 3.01. The van der Waals surface area contributed by atoms with E-state index in [2.05, 4.69) is 16.8 Å². The number of aryl methyl sites for hydroxylation is 1. The van der Waals surface area contributed by atoms with Gasteiger partial charge in [0.25, 0.3) is 5.56 Å². The quantitative estimate of drug-likeness (QED) is 0.259. The standard InChI is InChI=1S/C36H38F3N5O3/c1-18(2)30-31(20(4)12-13-40-30)44-32-22(14-24(38)28(29(32)39)27-23(37)8-7-9-26(27)47-6)33-34(36(44)46)43(21-16-41(5)17-21)35(45)25-11-10-19(3)15-42(25)33/h7-9,12-14,18-19,21,25H,10-11,15-17H2,1-6H3/t19-,25+/m0/s1. The summed E-state index contributed by atoms with van der Waals surface area (Å²) in [5, 5.41) is 0.135. The van der Waals surface area contributed by atoms with Crippen molar-refractivity contribution in [2.75, 3.05) is 43.6 Å². The van der Waals surface area contributed by atoms with Crippen LogP contribution in [0.1, 0.15) is 50.8 Å². The molecule has 0 bridgehead atoms. The van der Waals surface area contributed by atoms with E-state index >= 15 is 18.0 Å².